The van der Waals surface area contributed by atoms with E-state index in [-0.39, 0.29) is 23.1 Å². The molecule has 6 nitrogen and oxygen atoms in total. The Morgan fingerprint density at radius 2 is 1.86 bits per heavy atom. The average Bonchev–Trinajstić information content (AvgIpc) is 2.72. The van der Waals surface area contributed by atoms with Crippen molar-refractivity contribution in [2.45, 2.75) is 30.7 Å². The Hall–Kier alpha value is -3.06. The predicted octanol–water partition coefficient (Wildman–Crippen LogP) is 4.12. The van der Waals surface area contributed by atoms with Crippen LogP contribution in [0.2, 0.25) is 0 Å². The minimum atomic E-state index is -0.303. The number of ether oxygens (including phenoxy) is 1. The molecule has 0 aliphatic carbocycles. The third-order valence-electron chi connectivity index (χ3n) is 4.48. The first-order chi connectivity index (χ1) is 14.0. The molecule has 0 saturated heterocycles. The first-order valence-corrected chi connectivity index (χ1v) is 10.1. The van der Waals surface area contributed by atoms with Crippen LogP contribution in [0.1, 0.15) is 29.0 Å². The summed E-state index contributed by atoms with van der Waals surface area (Å²) in [7, 11) is 1.54. The fraction of sp³-hybridized carbons (Fsp3) is 0.227. The number of aromatic amines is 1. The first kappa shape index (κ1) is 20.7. The third kappa shape index (κ3) is 5.26. The van der Waals surface area contributed by atoms with Crippen molar-refractivity contribution in [2.24, 2.45) is 0 Å². The minimum absolute atomic E-state index is 0.0641. The molecule has 2 aromatic carbocycles. The summed E-state index contributed by atoms with van der Waals surface area (Å²) >= 11 is 1.48. The van der Waals surface area contributed by atoms with Crippen molar-refractivity contribution in [3.05, 3.63) is 81.8 Å². The average molecular weight is 410 g/mol. The van der Waals surface area contributed by atoms with Gasteiger partial charge >= 0.3 is 0 Å². The van der Waals surface area contributed by atoms with Gasteiger partial charge in [0.05, 0.1) is 19.2 Å². The minimum Gasteiger partial charge on any atom is -0.495 e. The molecule has 29 heavy (non-hydrogen) atoms. The molecule has 150 valence electrons. The van der Waals surface area contributed by atoms with E-state index in [2.05, 4.69) is 22.2 Å². The quantitative estimate of drug-likeness (QED) is 0.453. The number of anilines is 1. The molecule has 1 atom stereocenters. The van der Waals surface area contributed by atoms with Crippen LogP contribution in [0.3, 0.4) is 0 Å². The van der Waals surface area contributed by atoms with E-state index in [1.165, 1.54) is 18.9 Å². The number of amides is 1. The molecule has 1 amide bonds. The fourth-order valence-electron chi connectivity index (χ4n) is 2.91. The zero-order valence-corrected chi connectivity index (χ0v) is 17.4. The fourth-order valence-corrected chi connectivity index (χ4v) is 3.88. The highest BCUT2D eigenvalue weighted by atomic mass is 32.2. The normalized spacial score (nSPS) is 11.7. The number of hydrogen-bond acceptors (Lipinski definition) is 5. The van der Waals surface area contributed by atoms with Gasteiger partial charge in [-0.15, -0.1) is 0 Å². The molecule has 0 saturated carbocycles. The lowest BCUT2D eigenvalue weighted by Gasteiger charge is -2.13. The molecule has 0 bridgehead atoms. The Balaban J connectivity index is 1.72. The van der Waals surface area contributed by atoms with Gasteiger partial charge in [-0.3, -0.25) is 9.59 Å². The third-order valence-corrected chi connectivity index (χ3v) is 5.52. The molecule has 3 aromatic rings. The molecule has 1 unspecified atom stereocenters. The maximum absolute atomic E-state index is 12.6. The molecular weight excluding hydrogens is 386 g/mol. The molecule has 0 aliphatic rings. The van der Waals surface area contributed by atoms with Crippen molar-refractivity contribution < 1.29 is 9.53 Å². The van der Waals surface area contributed by atoms with E-state index in [1.807, 2.05) is 36.4 Å². The standard InChI is InChI=1S/C22H23N3O3S/c1-14-17(13-20(26)24-18-11-7-8-12-19(18)28-3)21(27)25-22(23-14)29-15(2)16-9-5-4-6-10-16/h4-12,15H,13H2,1-3H3,(H,24,26)(H,23,25,27). The van der Waals surface area contributed by atoms with Crippen LogP contribution >= 0.6 is 11.8 Å². The second kappa shape index (κ2) is 9.43. The molecule has 1 heterocycles. The lowest BCUT2D eigenvalue weighted by atomic mass is 10.1. The van der Waals surface area contributed by atoms with Crippen molar-refractivity contribution >= 4 is 23.4 Å². The van der Waals surface area contributed by atoms with Gasteiger partial charge in [0, 0.05) is 16.5 Å². The van der Waals surface area contributed by atoms with E-state index in [0.29, 0.717) is 27.9 Å². The summed E-state index contributed by atoms with van der Waals surface area (Å²) in [5.41, 5.74) is 2.32. The molecule has 0 fully saturated rings. The van der Waals surface area contributed by atoms with Gasteiger partial charge in [0.15, 0.2) is 5.16 Å². The Morgan fingerprint density at radius 3 is 2.55 bits per heavy atom. The van der Waals surface area contributed by atoms with Gasteiger partial charge in [-0.1, -0.05) is 54.2 Å². The van der Waals surface area contributed by atoms with Gasteiger partial charge in [-0.05, 0) is 31.5 Å². The SMILES string of the molecule is COc1ccccc1NC(=O)Cc1c(C)nc(SC(C)c2ccccc2)[nH]c1=O. The van der Waals surface area contributed by atoms with E-state index in [9.17, 15) is 9.59 Å². The van der Waals surface area contributed by atoms with E-state index < -0.39 is 0 Å². The van der Waals surface area contributed by atoms with Crippen LogP contribution in [-0.4, -0.2) is 23.0 Å². The van der Waals surface area contributed by atoms with Crippen LogP contribution in [0.25, 0.3) is 0 Å². The number of thioether (sulfide) groups is 1. The molecule has 3 rings (SSSR count). The van der Waals surface area contributed by atoms with Gasteiger partial charge in [-0.25, -0.2) is 4.98 Å². The number of aromatic nitrogens is 2. The van der Waals surface area contributed by atoms with Gasteiger partial charge in [0.25, 0.3) is 5.56 Å². The second-order valence-electron chi connectivity index (χ2n) is 6.53. The molecule has 1 aromatic heterocycles. The number of benzene rings is 2. The number of hydrogen-bond donors (Lipinski definition) is 2. The summed E-state index contributed by atoms with van der Waals surface area (Å²) < 4.78 is 5.24. The molecule has 0 radical (unpaired) electrons. The summed E-state index contributed by atoms with van der Waals surface area (Å²) in [4.78, 5) is 32.3. The summed E-state index contributed by atoms with van der Waals surface area (Å²) in [6.45, 7) is 3.81. The van der Waals surface area contributed by atoms with Crippen LogP contribution in [0.15, 0.2) is 64.5 Å². The summed E-state index contributed by atoms with van der Waals surface area (Å²) in [6, 6.07) is 17.1. The van der Waals surface area contributed by atoms with E-state index in [0.717, 1.165) is 5.56 Å². The van der Waals surface area contributed by atoms with E-state index >= 15 is 0 Å². The van der Waals surface area contributed by atoms with Crippen molar-refractivity contribution in [3.63, 3.8) is 0 Å². The Bertz CT molecular complexity index is 1050. The number of nitrogens with one attached hydrogen (secondary N) is 2. The topological polar surface area (TPSA) is 84.1 Å². The Morgan fingerprint density at radius 1 is 1.17 bits per heavy atom. The Labute approximate surface area is 173 Å². The second-order valence-corrected chi connectivity index (χ2v) is 7.86. The van der Waals surface area contributed by atoms with Crippen LogP contribution in [0, 0.1) is 6.92 Å². The smallest absolute Gasteiger partial charge is 0.255 e. The van der Waals surface area contributed by atoms with Gasteiger partial charge < -0.3 is 15.0 Å². The Kier molecular flexibility index (Phi) is 6.72. The summed E-state index contributed by atoms with van der Waals surface area (Å²) in [5.74, 6) is 0.259. The molecule has 2 N–H and O–H groups in total. The van der Waals surface area contributed by atoms with Gasteiger partial charge in [0.1, 0.15) is 5.75 Å². The molecule has 0 aliphatic heterocycles. The highest BCUT2D eigenvalue weighted by Gasteiger charge is 2.16. The number of methoxy groups -OCH3 is 1. The number of rotatable bonds is 7. The molecule has 7 heteroatoms. The lowest BCUT2D eigenvalue weighted by Crippen LogP contribution is -2.24. The van der Waals surface area contributed by atoms with Crippen LogP contribution in [0.5, 0.6) is 5.75 Å². The van der Waals surface area contributed by atoms with Crippen LogP contribution in [0.4, 0.5) is 5.69 Å². The van der Waals surface area contributed by atoms with Crippen molar-refractivity contribution in [3.8, 4) is 5.75 Å². The summed E-state index contributed by atoms with van der Waals surface area (Å²) in [5, 5.41) is 3.46. The number of carbonyl (C=O) groups is 1. The largest absolute Gasteiger partial charge is 0.495 e. The lowest BCUT2D eigenvalue weighted by molar-refractivity contribution is -0.115. The maximum atomic E-state index is 12.6. The highest BCUT2D eigenvalue weighted by Crippen LogP contribution is 2.32. The number of para-hydroxylation sites is 2. The predicted molar refractivity (Wildman–Crippen MR) is 116 cm³/mol. The molecule has 0 spiro atoms. The zero-order chi connectivity index (χ0) is 20.8. The number of carbonyl (C=O) groups excluding carboxylic acids is 1. The van der Waals surface area contributed by atoms with Crippen LogP contribution in [-0.2, 0) is 11.2 Å². The van der Waals surface area contributed by atoms with Gasteiger partial charge in [0.2, 0.25) is 5.91 Å². The van der Waals surface area contributed by atoms with Gasteiger partial charge in [-0.2, -0.15) is 0 Å². The van der Waals surface area contributed by atoms with Crippen molar-refractivity contribution in [1.29, 1.82) is 0 Å². The molecular formula is C22H23N3O3S. The number of nitrogens with zero attached hydrogens (tertiary/aromatic N) is 1. The summed E-state index contributed by atoms with van der Waals surface area (Å²) in [6.07, 6.45) is -0.0641. The number of H-pyrrole nitrogens is 1. The van der Waals surface area contributed by atoms with E-state index in [4.69, 9.17) is 4.74 Å². The zero-order valence-electron chi connectivity index (χ0n) is 16.6. The first-order valence-electron chi connectivity index (χ1n) is 9.22. The van der Waals surface area contributed by atoms with Crippen molar-refractivity contribution in [1.82, 2.24) is 9.97 Å². The van der Waals surface area contributed by atoms with E-state index in [1.54, 1.807) is 25.1 Å². The number of aryl methyl sites for hydroxylation is 1. The monoisotopic (exact) mass is 409 g/mol. The highest BCUT2D eigenvalue weighted by molar-refractivity contribution is 7.99. The maximum Gasteiger partial charge on any atom is 0.255 e. The van der Waals surface area contributed by atoms with Crippen LogP contribution < -0.4 is 15.6 Å². The van der Waals surface area contributed by atoms with Crippen molar-refractivity contribution in [2.75, 3.05) is 12.4 Å².